The maximum Gasteiger partial charge on any atom is 0.149 e. The number of hydrogen-bond donors (Lipinski definition) is 1. The van der Waals surface area contributed by atoms with Gasteiger partial charge in [0.05, 0.1) is 23.7 Å². The van der Waals surface area contributed by atoms with Crippen LogP contribution in [0.2, 0.25) is 0 Å². The summed E-state index contributed by atoms with van der Waals surface area (Å²) in [5, 5.41) is 10.7. The normalized spacial score (nSPS) is 11.5. The molecule has 2 aromatic heterocycles. The summed E-state index contributed by atoms with van der Waals surface area (Å²) < 4.78 is 9.92. The van der Waals surface area contributed by atoms with Crippen molar-refractivity contribution in [3.05, 3.63) is 121 Å². The van der Waals surface area contributed by atoms with Gasteiger partial charge in [0, 0.05) is 23.0 Å². The molecule has 34 heavy (non-hydrogen) atoms. The molecule has 2 heterocycles. The molecular formula is C30H21N3O. The monoisotopic (exact) mass is 440 g/mol. The number of aromatic hydroxyl groups is 1. The molecule has 0 radical (unpaired) electrons. The highest BCUT2D eigenvalue weighted by Crippen LogP contribution is 2.37. The first-order chi connectivity index (χ1) is 17.2. The van der Waals surface area contributed by atoms with Crippen LogP contribution in [0.4, 0.5) is 0 Å². The average molecular weight is 441 g/mol. The first kappa shape index (κ1) is 18.8. The van der Waals surface area contributed by atoms with Crippen molar-refractivity contribution in [3.8, 4) is 45.2 Å². The summed E-state index contributed by atoms with van der Waals surface area (Å²) in [6.45, 7) is 0. The fraction of sp³-hybridized carbons (Fsp3) is 0. The highest BCUT2D eigenvalue weighted by molar-refractivity contribution is 5.96. The van der Waals surface area contributed by atoms with Crippen molar-refractivity contribution < 1.29 is 6.48 Å². The molecule has 4 nitrogen and oxygen atoms in total. The van der Waals surface area contributed by atoms with Crippen LogP contribution < -0.4 is 0 Å². The van der Waals surface area contributed by atoms with Crippen LogP contribution in [0, 0.1) is 0 Å². The fourth-order valence-electron chi connectivity index (χ4n) is 4.34. The Balaban J connectivity index is 1.61. The minimum atomic E-state index is 0.0312. The molecule has 0 atom stereocenters. The molecule has 6 aromatic rings. The molecule has 6 rings (SSSR count). The molecule has 0 aliphatic carbocycles. The fourth-order valence-corrected chi connectivity index (χ4v) is 4.34. The van der Waals surface area contributed by atoms with Crippen LogP contribution in [0.15, 0.2) is 121 Å². The molecular weight excluding hydrogens is 418 g/mol. The lowest BCUT2D eigenvalue weighted by Crippen LogP contribution is -1.97. The number of fused-ring (bicyclic) bond motifs is 1. The van der Waals surface area contributed by atoms with E-state index in [1.165, 1.54) is 6.07 Å². The molecule has 0 bridgehead atoms. The number of aromatic nitrogens is 3. The Hall–Kier alpha value is -4.70. The van der Waals surface area contributed by atoms with Crippen LogP contribution in [0.3, 0.4) is 0 Å². The van der Waals surface area contributed by atoms with E-state index in [0.29, 0.717) is 11.4 Å². The molecule has 4 heteroatoms. The first-order valence-corrected chi connectivity index (χ1v) is 11.1. The Labute approximate surface area is 198 Å². The van der Waals surface area contributed by atoms with Crippen LogP contribution in [-0.2, 0) is 0 Å². The van der Waals surface area contributed by atoms with Crippen LogP contribution in [0.25, 0.3) is 50.5 Å². The third-order valence-corrected chi connectivity index (χ3v) is 5.92. The summed E-state index contributed by atoms with van der Waals surface area (Å²) in [6, 6.07) is 35.4. The molecule has 1 N–H and O–H groups in total. The van der Waals surface area contributed by atoms with Gasteiger partial charge in [0.2, 0.25) is 0 Å². The quantitative estimate of drug-likeness (QED) is 0.317. The molecule has 0 fully saturated rings. The summed E-state index contributed by atoms with van der Waals surface area (Å²) in [5.41, 5.74) is 7.26. The van der Waals surface area contributed by atoms with Gasteiger partial charge in [-0.15, -0.1) is 0 Å². The van der Waals surface area contributed by atoms with Gasteiger partial charge >= 0.3 is 0 Å². The number of nitrogens with zero attached hydrogens (tertiary/aromatic N) is 3. The Morgan fingerprint density at radius 3 is 2.32 bits per heavy atom. The summed E-state index contributed by atoms with van der Waals surface area (Å²) in [5.74, 6) is 0.653. The first-order valence-electron chi connectivity index (χ1n) is 11.6. The van der Waals surface area contributed by atoms with Gasteiger partial charge in [-0.25, -0.2) is 4.98 Å². The lowest BCUT2D eigenvalue weighted by Gasteiger charge is -2.10. The molecule has 4 aromatic carbocycles. The second-order valence-corrected chi connectivity index (χ2v) is 8.02. The standard InChI is InChI=1S/C30H21N3O/c34-28-18-5-4-14-25(28)30-32-29-24(15-9-17-27(29)33(30)23-12-2-1-3-13-23)21-10-8-11-22(20-21)26-16-6-7-19-31-26/h1-20,34H/i5D. The van der Waals surface area contributed by atoms with E-state index >= 15 is 0 Å². The summed E-state index contributed by atoms with van der Waals surface area (Å²) in [4.78, 5) is 9.55. The molecule has 0 saturated carbocycles. The largest absolute Gasteiger partial charge is 0.507 e. The van der Waals surface area contributed by atoms with Crippen molar-refractivity contribution in [2.75, 3.05) is 0 Å². The van der Waals surface area contributed by atoms with Gasteiger partial charge < -0.3 is 5.11 Å². The second kappa shape index (κ2) is 8.34. The highest BCUT2D eigenvalue weighted by Gasteiger charge is 2.19. The lowest BCUT2D eigenvalue weighted by atomic mass is 10.0. The van der Waals surface area contributed by atoms with Gasteiger partial charge in [0.15, 0.2) is 0 Å². The zero-order chi connectivity index (χ0) is 23.8. The van der Waals surface area contributed by atoms with Crippen molar-refractivity contribution in [3.63, 3.8) is 0 Å². The number of phenols is 1. The van der Waals surface area contributed by atoms with Crippen LogP contribution >= 0.6 is 0 Å². The maximum atomic E-state index is 10.7. The average Bonchev–Trinajstić information content (AvgIpc) is 3.29. The van der Waals surface area contributed by atoms with E-state index in [2.05, 4.69) is 33.8 Å². The number of hydrogen-bond acceptors (Lipinski definition) is 3. The number of rotatable bonds is 4. The zero-order valence-corrected chi connectivity index (χ0v) is 18.3. The number of para-hydroxylation sites is 3. The Morgan fingerprint density at radius 1 is 0.706 bits per heavy atom. The predicted molar refractivity (Wildman–Crippen MR) is 137 cm³/mol. The second-order valence-electron chi connectivity index (χ2n) is 8.02. The van der Waals surface area contributed by atoms with E-state index in [9.17, 15) is 5.11 Å². The SMILES string of the molecule is [2H]c1ccc(-c2nc3c(-c4cccc(-c5ccccn5)c4)cccc3n2-c2ccccc2)c(O)c1. The van der Waals surface area contributed by atoms with Crippen molar-refractivity contribution in [1.82, 2.24) is 14.5 Å². The van der Waals surface area contributed by atoms with Gasteiger partial charge in [0.1, 0.15) is 11.6 Å². The Kier molecular flexibility index (Phi) is 4.62. The number of benzene rings is 4. The van der Waals surface area contributed by atoms with Crippen molar-refractivity contribution in [2.45, 2.75) is 0 Å². The van der Waals surface area contributed by atoms with Crippen molar-refractivity contribution >= 4 is 11.0 Å². The van der Waals surface area contributed by atoms with Crippen molar-refractivity contribution in [1.29, 1.82) is 0 Å². The zero-order valence-electron chi connectivity index (χ0n) is 19.3. The summed E-state index contributed by atoms with van der Waals surface area (Å²) >= 11 is 0. The van der Waals surface area contributed by atoms with Gasteiger partial charge in [-0.3, -0.25) is 9.55 Å². The topological polar surface area (TPSA) is 50.9 Å². The van der Waals surface area contributed by atoms with Gasteiger partial charge in [-0.1, -0.05) is 66.7 Å². The number of phenolic OH excluding ortho intramolecular Hbond substituents is 1. The van der Waals surface area contributed by atoms with E-state index < -0.39 is 0 Å². The molecule has 0 unspecified atom stereocenters. The lowest BCUT2D eigenvalue weighted by molar-refractivity contribution is 0.477. The number of pyridine rings is 1. The molecule has 0 amide bonds. The molecule has 162 valence electrons. The van der Waals surface area contributed by atoms with E-state index in [1.54, 1.807) is 18.3 Å². The third kappa shape index (κ3) is 3.42. The van der Waals surface area contributed by atoms with Gasteiger partial charge in [-0.2, -0.15) is 0 Å². The van der Waals surface area contributed by atoms with Gasteiger partial charge in [-0.05, 0) is 54.1 Å². The maximum absolute atomic E-state index is 10.7. The van der Waals surface area contributed by atoms with E-state index in [1.807, 2.05) is 66.7 Å². The minimum Gasteiger partial charge on any atom is -0.507 e. The van der Waals surface area contributed by atoms with E-state index in [-0.39, 0.29) is 11.8 Å². The van der Waals surface area contributed by atoms with E-state index in [4.69, 9.17) is 6.35 Å². The number of imidazole rings is 1. The highest BCUT2D eigenvalue weighted by atomic mass is 16.3. The van der Waals surface area contributed by atoms with Crippen LogP contribution in [0.1, 0.15) is 1.37 Å². The summed E-state index contributed by atoms with van der Waals surface area (Å²) in [7, 11) is 0. The molecule has 0 aliphatic rings. The van der Waals surface area contributed by atoms with Crippen molar-refractivity contribution in [2.24, 2.45) is 0 Å². The third-order valence-electron chi connectivity index (χ3n) is 5.92. The Bertz CT molecular complexity index is 1660. The smallest absolute Gasteiger partial charge is 0.149 e. The Morgan fingerprint density at radius 2 is 1.50 bits per heavy atom. The van der Waals surface area contributed by atoms with E-state index in [0.717, 1.165) is 39.1 Å². The molecule has 0 saturated heterocycles. The molecule has 0 aliphatic heterocycles. The minimum absolute atomic E-state index is 0.0312. The van der Waals surface area contributed by atoms with Crippen LogP contribution in [0.5, 0.6) is 5.75 Å². The predicted octanol–water partition coefficient (Wildman–Crippen LogP) is 7.13. The van der Waals surface area contributed by atoms with Crippen LogP contribution in [-0.4, -0.2) is 19.6 Å². The summed E-state index contributed by atoms with van der Waals surface area (Å²) in [6.07, 6.45) is 1.80. The molecule has 0 spiro atoms. The van der Waals surface area contributed by atoms with Gasteiger partial charge in [0.25, 0.3) is 0 Å².